The monoisotopic (exact) mass is 182 g/mol. The molecule has 0 N–H and O–H groups in total. The molecule has 0 aromatic rings. The highest BCUT2D eigenvalue weighted by Gasteiger charge is 2.34. The molecule has 0 aliphatic carbocycles. The highest BCUT2D eigenvalue weighted by Crippen LogP contribution is 2.23. The summed E-state index contributed by atoms with van der Waals surface area (Å²) < 4.78 is 67.6. The van der Waals surface area contributed by atoms with Crippen molar-refractivity contribution in [1.82, 2.24) is 0 Å². The predicted octanol–water partition coefficient (Wildman–Crippen LogP) is 3.19. The Bertz CT molecular complexity index is 143. The summed E-state index contributed by atoms with van der Waals surface area (Å²) in [5, 5.41) is 0. The number of rotatable bonds is 1. The molecule has 0 rings (SSSR count). The third-order valence-corrected chi connectivity index (χ3v) is 0.354. The highest BCUT2D eigenvalue weighted by atomic mass is 19.4. The molecular weight excluding hydrogens is 178 g/mol. The minimum atomic E-state index is -5.41. The van der Waals surface area contributed by atoms with E-state index in [1.165, 1.54) is 0 Å². The Morgan fingerprint density at radius 2 is 1.36 bits per heavy atom. The van der Waals surface area contributed by atoms with E-state index in [0.717, 1.165) is 0 Å². The minimum absolute atomic E-state index is 0. The predicted molar refractivity (Wildman–Crippen MR) is 24.2 cm³/mol. The third kappa shape index (κ3) is 7.01. The van der Waals surface area contributed by atoms with Gasteiger partial charge in [-0.15, -0.1) is 13.2 Å². The van der Waals surface area contributed by atoms with Crippen LogP contribution in [0.15, 0.2) is 12.1 Å². The molecule has 0 atom stereocenters. The van der Waals surface area contributed by atoms with Crippen LogP contribution in [0.2, 0.25) is 0 Å². The SMILES string of the molecule is C.FC(F)=C(F)OC(F)(F)F. The first-order valence-corrected chi connectivity index (χ1v) is 1.79. The van der Waals surface area contributed by atoms with Crippen LogP contribution in [0.25, 0.3) is 0 Å². The van der Waals surface area contributed by atoms with Crippen LogP contribution < -0.4 is 0 Å². The zero-order valence-corrected chi connectivity index (χ0v) is 4.18. The second-order valence-electron chi connectivity index (χ2n) is 1.08. The first-order valence-electron chi connectivity index (χ1n) is 1.79. The molecule has 0 amide bonds. The number of alkyl halides is 3. The van der Waals surface area contributed by atoms with Crippen LogP contribution in [0.3, 0.4) is 0 Å². The van der Waals surface area contributed by atoms with Gasteiger partial charge in [0.05, 0.1) is 0 Å². The quantitative estimate of drug-likeness (QED) is 0.447. The molecule has 0 aromatic heterocycles. The third-order valence-electron chi connectivity index (χ3n) is 0.354. The maximum Gasteiger partial charge on any atom is 0.574 e. The molecule has 0 spiro atoms. The van der Waals surface area contributed by atoms with Gasteiger partial charge < -0.3 is 4.74 Å². The van der Waals surface area contributed by atoms with E-state index in [1.807, 2.05) is 0 Å². The molecule has 11 heavy (non-hydrogen) atoms. The van der Waals surface area contributed by atoms with E-state index in [-0.39, 0.29) is 7.43 Å². The van der Waals surface area contributed by atoms with Crippen molar-refractivity contribution >= 4 is 0 Å². The van der Waals surface area contributed by atoms with Crippen molar-refractivity contribution < 1.29 is 31.1 Å². The lowest BCUT2D eigenvalue weighted by Crippen LogP contribution is -2.11. The molecule has 0 aliphatic rings. The lowest BCUT2D eigenvalue weighted by molar-refractivity contribution is -0.315. The maximum atomic E-state index is 11.2. The summed E-state index contributed by atoms with van der Waals surface area (Å²) in [5.74, 6) is 0. The zero-order chi connectivity index (χ0) is 8.36. The van der Waals surface area contributed by atoms with E-state index >= 15 is 0 Å². The largest absolute Gasteiger partial charge is 0.574 e. The van der Waals surface area contributed by atoms with Crippen molar-refractivity contribution in [3.63, 3.8) is 0 Å². The van der Waals surface area contributed by atoms with Crippen LogP contribution in [0.1, 0.15) is 7.43 Å². The second kappa shape index (κ2) is 4.09. The first-order chi connectivity index (χ1) is 4.33. The molecule has 0 unspecified atom stereocenters. The number of hydrogen-bond donors (Lipinski definition) is 0. The average Bonchev–Trinajstić information content (AvgIpc) is 1.60. The molecular formula is C4H4F6O. The Labute approximate surface area is 58.3 Å². The van der Waals surface area contributed by atoms with Crippen LogP contribution in [-0.4, -0.2) is 6.36 Å². The molecule has 0 heterocycles. The van der Waals surface area contributed by atoms with Crippen LogP contribution in [-0.2, 0) is 4.74 Å². The molecule has 0 bridgehead atoms. The Morgan fingerprint density at radius 1 is 1.00 bits per heavy atom. The Kier molecular flexibility index (Phi) is 4.75. The standard InChI is InChI=1S/C3F6O.CH4/c4-1(5)2(6)10-3(7,8)9;/h;1H4. The van der Waals surface area contributed by atoms with Crippen molar-refractivity contribution in [1.29, 1.82) is 0 Å². The summed E-state index contributed by atoms with van der Waals surface area (Å²) in [6.45, 7) is 0. The fourth-order valence-corrected chi connectivity index (χ4v) is 0.140. The molecule has 0 radical (unpaired) electrons. The van der Waals surface area contributed by atoms with Gasteiger partial charge >= 0.3 is 18.5 Å². The van der Waals surface area contributed by atoms with E-state index in [2.05, 4.69) is 4.74 Å². The Morgan fingerprint density at radius 3 is 1.45 bits per heavy atom. The smallest absolute Gasteiger partial charge is 0.374 e. The maximum absolute atomic E-state index is 11.2. The Hall–Kier alpha value is -0.880. The highest BCUT2D eigenvalue weighted by molar-refractivity contribution is 4.80. The van der Waals surface area contributed by atoms with Crippen LogP contribution >= 0.6 is 0 Å². The Balaban J connectivity index is 0. The van der Waals surface area contributed by atoms with E-state index in [1.54, 1.807) is 0 Å². The summed E-state index contributed by atoms with van der Waals surface area (Å²) in [6, 6.07) is -2.92. The minimum Gasteiger partial charge on any atom is -0.374 e. The van der Waals surface area contributed by atoms with Crippen LogP contribution in [0.4, 0.5) is 26.3 Å². The van der Waals surface area contributed by atoms with Crippen molar-refractivity contribution in [2.24, 2.45) is 0 Å². The molecule has 7 heteroatoms. The molecule has 0 saturated carbocycles. The van der Waals surface area contributed by atoms with E-state index in [4.69, 9.17) is 0 Å². The fraction of sp³-hybridized carbons (Fsp3) is 0.500. The molecule has 0 aromatic carbocycles. The summed E-state index contributed by atoms with van der Waals surface area (Å²) in [6.07, 6.45) is -8.55. The number of hydrogen-bond acceptors (Lipinski definition) is 1. The van der Waals surface area contributed by atoms with Crippen LogP contribution in [0, 0.1) is 0 Å². The lowest BCUT2D eigenvalue weighted by Gasteiger charge is -2.03. The average molecular weight is 182 g/mol. The van der Waals surface area contributed by atoms with Crippen molar-refractivity contribution in [2.45, 2.75) is 13.8 Å². The van der Waals surface area contributed by atoms with Gasteiger partial charge in [-0.2, -0.15) is 13.2 Å². The van der Waals surface area contributed by atoms with E-state index in [9.17, 15) is 26.3 Å². The van der Waals surface area contributed by atoms with Gasteiger partial charge in [0.15, 0.2) is 0 Å². The van der Waals surface area contributed by atoms with Gasteiger partial charge in [-0.1, -0.05) is 7.43 Å². The number of halogens is 6. The van der Waals surface area contributed by atoms with Gasteiger partial charge in [0, 0.05) is 0 Å². The van der Waals surface area contributed by atoms with Gasteiger partial charge in [0.1, 0.15) is 0 Å². The molecule has 0 fully saturated rings. The van der Waals surface area contributed by atoms with Gasteiger partial charge in [-0.3, -0.25) is 0 Å². The molecule has 0 saturated heterocycles. The fourth-order valence-electron chi connectivity index (χ4n) is 0.140. The van der Waals surface area contributed by atoms with Gasteiger partial charge in [0.2, 0.25) is 0 Å². The van der Waals surface area contributed by atoms with Gasteiger partial charge in [0.25, 0.3) is 0 Å². The topological polar surface area (TPSA) is 9.23 Å². The summed E-state index contributed by atoms with van der Waals surface area (Å²) in [7, 11) is 0. The summed E-state index contributed by atoms with van der Waals surface area (Å²) in [4.78, 5) is 0. The normalized spacial score (nSPS) is 10.0. The molecule has 1 nitrogen and oxygen atoms in total. The van der Waals surface area contributed by atoms with E-state index in [0.29, 0.717) is 0 Å². The van der Waals surface area contributed by atoms with Crippen molar-refractivity contribution in [3.8, 4) is 0 Å². The van der Waals surface area contributed by atoms with E-state index < -0.39 is 18.5 Å². The summed E-state index contributed by atoms with van der Waals surface area (Å²) in [5.41, 5.74) is 0. The van der Waals surface area contributed by atoms with Crippen molar-refractivity contribution in [2.75, 3.05) is 0 Å². The molecule has 68 valence electrons. The lowest BCUT2D eigenvalue weighted by atomic mass is 11.0. The zero-order valence-electron chi connectivity index (χ0n) is 4.18. The summed E-state index contributed by atoms with van der Waals surface area (Å²) >= 11 is 0. The number of ether oxygens (including phenoxy) is 1. The second-order valence-corrected chi connectivity index (χ2v) is 1.08. The molecule has 0 aliphatic heterocycles. The van der Waals surface area contributed by atoms with Gasteiger partial charge in [-0.25, -0.2) is 0 Å². The first kappa shape index (κ1) is 12.8. The van der Waals surface area contributed by atoms with Gasteiger partial charge in [-0.05, 0) is 0 Å². The van der Waals surface area contributed by atoms with Crippen molar-refractivity contribution in [3.05, 3.63) is 12.1 Å². The van der Waals surface area contributed by atoms with Crippen LogP contribution in [0.5, 0.6) is 0 Å².